The van der Waals surface area contributed by atoms with Crippen molar-refractivity contribution in [2.45, 2.75) is 69.7 Å². The fraction of sp³-hybridized carbons (Fsp3) is 0.667. The molecule has 5 atom stereocenters. The number of nitrogens with one attached hydrogen (secondary N) is 1. The fourth-order valence-electron chi connectivity index (χ4n) is 6.91. The number of likely N-dealkylation sites (tertiary alicyclic amines) is 1. The first-order chi connectivity index (χ1) is 18.2. The van der Waals surface area contributed by atoms with Gasteiger partial charge in [0.15, 0.2) is 0 Å². The Labute approximate surface area is 212 Å². The molecule has 194 valence electrons. The summed E-state index contributed by atoms with van der Waals surface area (Å²) in [5.41, 5.74) is -1.15. The number of hydrogen-bond donors (Lipinski definition) is 1. The predicted octanol–water partition coefficient (Wildman–Crippen LogP) is 5.42. The number of alkyl halides is 3. The van der Waals surface area contributed by atoms with Gasteiger partial charge in [0.2, 0.25) is 0 Å². The van der Waals surface area contributed by atoms with E-state index in [1.54, 1.807) is 12.1 Å². The van der Waals surface area contributed by atoms with Crippen LogP contribution in [0, 0.1) is 17.3 Å². The molecular weight excluding hydrogens is 467 g/mol. The standard InChI is InChI=1S/C27H34F3N5O/c28-27(29,30)22-7-10-31-14-21(22)23-5-6-25(34-33-23)32-20-12-18-15-35(16-19(18)13-20)17-26-8-3-1-2-4-24(26)36-11-9-26/h5-7,10,14,18-20,24H,1-4,8-9,11-13,15-17H2,(H,32,34)/t18-,19+,20?,24-,26+/m1/s1/i17D2. The Morgan fingerprint density at radius 3 is 2.67 bits per heavy atom. The summed E-state index contributed by atoms with van der Waals surface area (Å²) >= 11 is 0. The molecule has 2 aliphatic heterocycles. The normalized spacial score (nSPS) is 34.0. The van der Waals surface area contributed by atoms with Gasteiger partial charge in [0.1, 0.15) is 5.82 Å². The Bertz CT molecular complexity index is 1140. The van der Waals surface area contributed by atoms with Crippen LogP contribution in [0.3, 0.4) is 0 Å². The van der Waals surface area contributed by atoms with Gasteiger partial charge in [0.25, 0.3) is 0 Å². The van der Waals surface area contributed by atoms with E-state index in [-0.39, 0.29) is 23.4 Å². The molecule has 4 aliphatic rings. The fourth-order valence-corrected chi connectivity index (χ4v) is 6.91. The van der Waals surface area contributed by atoms with Crippen molar-refractivity contribution in [3.05, 3.63) is 36.2 Å². The lowest BCUT2D eigenvalue weighted by molar-refractivity contribution is -0.137. The van der Waals surface area contributed by atoms with Crippen LogP contribution in [0.4, 0.5) is 19.0 Å². The lowest BCUT2D eigenvalue weighted by Crippen LogP contribution is -2.42. The van der Waals surface area contributed by atoms with Crippen LogP contribution in [-0.2, 0) is 10.9 Å². The van der Waals surface area contributed by atoms with Gasteiger partial charge in [0.05, 0.1) is 17.4 Å². The van der Waals surface area contributed by atoms with Crippen LogP contribution < -0.4 is 5.32 Å². The molecule has 2 saturated carbocycles. The van der Waals surface area contributed by atoms with E-state index >= 15 is 0 Å². The van der Waals surface area contributed by atoms with Crippen molar-refractivity contribution in [3.8, 4) is 11.3 Å². The van der Waals surface area contributed by atoms with Crippen LogP contribution >= 0.6 is 0 Å². The second-order valence-corrected chi connectivity index (χ2v) is 10.9. The average molecular weight is 504 g/mol. The van der Waals surface area contributed by atoms with E-state index in [1.807, 2.05) is 0 Å². The number of aromatic nitrogens is 3. The monoisotopic (exact) mass is 503 g/mol. The van der Waals surface area contributed by atoms with Gasteiger partial charge in [0, 0.05) is 58.3 Å². The van der Waals surface area contributed by atoms with E-state index in [0.29, 0.717) is 24.3 Å². The molecule has 0 aromatic carbocycles. The summed E-state index contributed by atoms with van der Waals surface area (Å²) in [4.78, 5) is 5.93. The van der Waals surface area contributed by atoms with Crippen molar-refractivity contribution in [1.82, 2.24) is 20.1 Å². The maximum Gasteiger partial charge on any atom is 0.417 e. The largest absolute Gasteiger partial charge is 0.417 e. The minimum atomic E-state index is -4.50. The molecule has 6 nitrogen and oxygen atoms in total. The zero-order valence-corrected chi connectivity index (χ0v) is 20.3. The molecule has 9 heteroatoms. The SMILES string of the molecule is [2H]C([2H])(N1C[C@H]2CC(Nc3ccc(-c4cnccc4C(F)(F)F)nn3)C[C@H]2C1)[C@@]12CCCCC[C@H]1OCC2. The smallest absolute Gasteiger partial charge is 0.378 e. The zero-order chi connectivity index (χ0) is 26.5. The number of fused-ring (bicyclic) bond motifs is 2. The molecule has 2 aromatic heterocycles. The third-order valence-electron chi connectivity index (χ3n) is 8.62. The Morgan fingerprint density at radius 1 is 1.08 bits per heavy atom. The van der Waals surface area contributed by atoms with Crippen LogP contribution in [-0.4, -0.2) is 58.4 Å². The highest BCUT2D eigenvalue weighted by atomic mass is 19.4. The Morgan fingerprint density at radius 2 is 1.92 bits per heavy atom. The van der Waals surface area contributed by atoms with Crippen molar-refractivity contribution in [1.29, 1.82) is 0 Å². The Hall–Kier alpha value is -2.26. The summed E-state index contributed by atoms with van der Waals surface area (Å²) in [7, 11) is 0. The predicted molar refractivity (Wildman–Crippen MR) is 130 cm³/mol. The molecule has 0 spiro atoms. The van der Waals surface area contributed by atoms with Gasteiger partial charge >= 0.3 is 6.18 Å². The van der Waals surface area contributed by atoms with Crippen LogP contribution in [0.5, 0.6) is 0 Å². The van der Waals surface area contributed by atoms with Crippen molar-refractivity contribution in [2.24, 2.45) is 17.3 Å². The third kappa shape index (κ3) is 4.72. The highest BCUT2D eigenvalue weighted by Crippen LogP contribution is 2.47. The quantitative estimate of drug-likeness (QED) is 0.588. The highest BCUT2D eigenvalue weighted by Gasteiger charge is 2.48. The van der Waals surface area contributed by atoms with Crippen molar-refractivity contribution in [2.75, 3.05) is 31.5 Å². The van der Waals surface area contributed by atoms with Gasteiger partial charge in [-0.2, -0.15) is 13.2 Å². The molecule has 0 radical (unpaired) electrons. The average Bonchev–Trinajstić information content (AvgIpc) is 3.55. The molecule has 1 N–H and O–H groups in total. The van der Waals surface area contributed by atoms with Gasteiger partial charge < -0.3 is 15.0 Å². The van der Waals surface area contributed by atoms with Crippen molar-refractivity contribution >= 4 is 5.82 Å². The summed E-state index contributed by atoms with van der Waals surface area (Å²) in [6, 6.07) is 4.34. The zero-order valence-electron chi connectivity index (χ0n) is 22.3. The second-order valence-electron chi connectivity index (χ2n) is 10.9. The minimum Gasteiger partial charge on any atom is -0.378 e. The molecular formula is C27H34F3N5O. The van der Waals surface area contributed by atoms with Gasteiger partial charge in [-0.25, -0.2) is 0 Å². The Kier molecular flexibility index (Phi) is 5.79. The lowest BCUT2D eigenvalue weighted by Gasteiger charge is -2.37. The Balaban J connectivity index is 1.09. The van der Waals surface area contributed by atoms with Gasteiger partial charge in [-0.3, -0.25) is 4.98 Å². The van der Waals surface area contributed by atoms with Crippen molar-refractivity contribution < 1.29 is 20.6 Å². The molecule has 36 heavy (non-hydrogen) atoms. The van der Waals surface area contributed by atoms with E-state index in [2.05, 4.69) is 25.4 Å². The lowest BCUT2D eigenvalue weighted by atomic mass is 9.76. The molecule has 1 unspecified atom stereocenters. The maximum atomic E-state index is 13.4. The number of pyridine rings is 1. The summed E-state index contributed by atoms with van der Waals surface area (Å²) in [6.07, 6.45) is 5.66. The van der Waals surface area contributed by atoms with E-state index in [4.69, 9.17) is 4.74 Å². The van der Waals surface area contributed by atoms with Crippen molar-refractivity contribution in [3.63, 3.8) is 0 Å². The number of hydrogen-bond acceptors (Lipinski definition) is 6. The summed E-state index contributed by atoms with van der Waals surface area (Å²) in [6.45, 7) is 0.774. The number of halogens is 3. The van der Waals surface area contributed by atoms with E-state index in [1.165, 1.54) is 0 Å². The first kappa shape index (κ1) is 21.8. The maximum absolute atomic E-state index is 13.4. The summed E-state index contributed by atoms with van der Waals surface area (Å²) in [5, 5.41) is 11.6. The number of rotatable bonds is 5. The minimum absolute atomic E-state index is 0.0234. The van der Waals surface area contributed by atoms with Crippen LogP contribution in [0.15, 0.2) is 30.6 Å². The molecule has 2 aliphatic carbocycles. The molecule has 0 amide bonds. The third-order valence-corrected chi connectivity index (χ3v) is 8.62. The first-order valence-electron chi connectivity index (χ1n) is 14.2. The number of nitrogens with zero attached hydrogens (tertiary/aromatic N) is 4. The first-order valence-corrected chi connectivity index (χ1v) is 13.2. The van der Waals surface area contributed by atoms with Gasteiger partial charge in [-0.05, 0) is 62.1 Å². The van der Waals surface area contributed by atoms with E-state index in [9.17, 15) is 15.9 Å². The summed E-state index contributed by atoms with van der Waals surface area (Å²) < 4.78 is 64.7. The molecule has 4 fully saturated rings. The molecule has 2 aromatic rings. The van der Waals surface area contributed by atoms with Crippen LogP contribution in [0.2, 0.25) is 0 Å². The van der Waals surface area contributed by atoms with Crippen LogP contribution in [0.25, 0.3) is 11.3 Å². The van der Waals surface area contributed by atoms with E-state index < -0.39 is 23.7 Å². The summed E-state index contributed by atoms with van der Waals surface area (Å²) in [5.74, 6) is 1.34. The van der Waals surface area contributed by atoms with Crippen LogP contribution in [0.1, 0.15) is 59.7 Å². The molecule has 6 rings (SSSR count). The molecule has 4 heterocycles. The highest BCUT2D eigenvalue weighted by molar-refractivity contribution is 5.63. The topological polar surface area (TPSA) is 63.2 Å². The number of anilines is 1. The van der Waals surface area contributed by atoms with E-state index in [0.717, 1.165) is 82.9 Å². The molecule has 2 saturated heterocycles. The van der Waals surface area contributed by atoms with Gasteiger partial charge in [-0.15, -0.1) is 10.2 Å². The molecule has 0 bridgehead atoms. The number of ether oxygens (including phenoxy) is 1. The second kappa shape index (κ2) is 9.56. The van der Waals surface area contributed by atoms with Gasteiger partial charge in [-0.1, -0.05) is 19.3 Å².